The third-order valence-electron chi connectivity index (χ3n) is 2.68. The summed E-state index contributed by atoms with van der Waals surface area (Å²) >= 11 is 0. The maximum Gasteiger partial charge on any atom is 0.164 e. The van der Waals surface area contributed by atoms with Crippen molar-refractivity contribution in [3.63, 3.8) is 0 Å². The lowest BCUT2D eigenvalue weighted by atomic mass is 10.0. The van der Waals surface area contributed by atoms with Gasteiger partial charge in [-0.1, -0.05) is 13.8 Å². The Labute approximate surface area is 80.4 Å². The van der Waals surface area contributed by atoms with E-state index in [1.54, 1.807) is 0 Å². The average Bonchev–Trinajstić information content (AvgIpc) is 2.02. The predicted octanol–water partition coefficient (Wildman–Crippen LogP) is 0.809. The van der Waals surface area contributed by atoms with Gasteiger partial charge in [0.05, 0.1) is 0 Å². The van der Waals surface area contributed by atoms with E-state index in [4.69, 9.17) is 0 Å². The van der Waals surface area contributed by atoms with Crippen LogP contribution in [0.25, 0.3) is 0 Å². The summed E-state index contributed by atoms with van der Waals surface area (Å²) in [5.74, 6) is -0.663. The second-order valence-corrected chi connectivity index (χ2v) is 4.51. The summed E-state index contributed by atoms with van der Waals surface area (Å²) in [6.07, 6.45) is 2.18. The number of hydrogen-bond acceptors (Lipinski definition) is 3. The van der Waals surface area contributed by atoms with Crippen molar-refractivity contribution in [3.8, 4) is 0 Å². The molecule has 0 radical (unpaired) electrons. The number of likely N-dealkylation sites (tertiary alicyclic amines) is 1. The van der Waals surface area contributed by atoms with Crippen LogP contribution in [0.3, 0.4) is 0 Å². The first kappa shape index (κ1) is 11.0. The molecule has 0 unspecified atom stereocenters. The van der Waals surface area contributed by atoms with Gasteiger partial charge in [0, 0.05) is 25.9 Å². The van der Waals surface area contributed by atoms with Crippen LogP contribution in [-0.4, -0.2) is 40.5 Å². The fraction of sp³-hybridized carbons (Fsp3) is 1.00. The maximum atomic E-state index is 9.30. The molecule has 0 saturated carbocycles. The first-order chi connectivity index (χ1) is 5.99. The van der Waals surface area contributed by atoms with Crippen LogP contribution in [0.4, 0.5) is 0 Å². The van der Waals surface area contributed by atoms with E-state index in [1.807, 2.05) is 0 Å². The molecule has 1 heterocycles. The molecule has 3 heteroatoms. The van der Waals surface area contributed by atoms with E-state index in [-0.39, 0.29) is 0 Å². The van der Waals surface area contributed by atoms with Crippen LogP contribution in [0.5, 0.6) is 0 Å². The van der Waals surface area contributed by atoms with Crippen LogP contribution in [-0.2, 0) is 0 Å². The highest BCUT2D eigenvalue weighted by Crippen LogP contribution is 2.19. The van der Waals surface area contributed by atoms with Crippen LogP contribution in [0.1, 0.15) is 33.1 Å². The normalized spacial score (nSPS) is 23.8. The topological polar surface area (TPSA) is 43.7 Å². The molecule has 0 amide bonds. The van der Waals surface area contributed by atoms with Gasteiger partial charge in [-0.05, 0) is 18.9 Å². The van der Waals surface area contributed by atoms with E-state index in [9.17, 15) is 10.2 Å². The van der Waals surface area contributed by atoms with Gasteiger partial charge >= 0.3 is 0 Å². The van der Waals surface area contributed by atoms with Gasteiger partial charge in [0.1, 0.15) is 0 Å². The van der Waals surface area contributed by atoms with Crippen molar-refractivity contribution < 1.29 is 10.2 Å². The maximum absolute atomic E-state index is 9.30. The zero-order chi connectivity index (χ0) is 9.90. The Kier molecular flexibility index (Phi) is 3.71. The van der Waals surface area contributed by atoms with Gasteiger partial charge in [0.2, 0.25) is 0 Å². The van der Waals surface area contributed by atoms with Crippen molar-refractivity contribution in [2.45, 2.75) is 38.9 Å². The number of hydrogen-bond donors (Lipinski definition) is 2. The van der Waals surface area contributed by atoms with Gasteiger partial charge in [-0.15, -0.1) is 0 Å². The summed E-state index contributed by atoms with van der Waals surface area (Å²) in [5, 5.41) is 18.6. The van der Waals surface area contributed by atoms with Crippen molar-refractivity contribution >= 4 is 0 Å². The molecule has 1 saturated heterocycles. The Bertz CT molecular complexity index is 144. The second kappa shape index (κ2) is 4.40. The van der Waals surface area contributed by atoms with Gasteiger partial charge in [0.15, 0.2) is 5.79 Å². The quantitative estimate of drug-likeness (QED) is 0.643. The summed E-state index contributed by atoms with van der Waals surface area (Å²) in [6.45, 7) is 7.16. The summed E-state index contributed by atoms with van der Waals surface area (Å²) < 4.78 is 0. The monoisotopic (exact) mass is 187 g/mol. The minimum atomic E-state index is -1.39. The third-order valence-corrected chi connectivity index (χ3v) is 2.68. The van der Waals surface area contributed by atoms with Crippen LogP contribution < -0.4 is 0 Å². The minimum absolute atomic E-state index is 0.491. The number of aliphatic hydroxyl groups is 2. The molecule has 0 atom stereocenters. The molecular weight excluding hydrogens is 166 g/mol. The molecule has 3 nitrogen and oxygen atoms in total. The Morgan fingerprint density at radius 1 is 1.23 bits per heavy atom. The standard InChI is InChI=1S/C10H21NO2/c1-9(2)3-6-11-7-4-10(12,13)5-8-11/h9,12-13H,3-8H2,1-2H3. The zero-order valence-corrected chi connectivity index (χ0v) is 8.66. The van der Waals surface area contributed by atoms with Crippen molar-refractivity contribution in [3.05, 3.63) is 0 Å². The Morgan fingerprint density at radius 3 is 2.23 bits per heavy atom. The SMILES string of the molecule is CC(C)CCN1CCC(O)(O)CC1. The Morgan fingerprint density at radius 2 is 1.77 bits per heavy atom. The Hall–Kier alpha value is -0.120. The third kappa shape index (κ3) is 4.07. The average molecular weight is 187 g/mol. The molecule has 2 N–H and O–H groups in total. The highest BCUT2D eigenvalue weighted by atomic mass is 16.5. The van der Waals surface area contributed by atoms with Crippen LogP contribution in [0.15, 0.2) is 0 Å². The number of rotatable bonds is 3. The van der Waals surface area contributed by atoms with E-state index in [0.29, 0.717) is 12.8 Å². The Balaban J connectivity index is 2.18. The summed E-state index contributed by atoms with van der Waals surface area (Å²) in [6, 6.07) is 0. The van der Waals surface area contributed by atoms with E-state index in [1.165, 1.54) is 6.42 Å². The summed E-state index contributed by atoms with van der Waals surface area (Å²) in [7, 11) is 0. The van der Waals surface area contributed by atoms with E-state index in [2.05, 4.69) is 18.7 Å². The molecule has 13 heavy (non-hydrogen) atoms. The highest BCUT2D eigenvalue weighted by molar-refractivity contribution is 4.76. The number of nitrogens with zero attached hydrogens (tertiary/aromatic N) is 1. The van der Waals surface area contributed by atoms with E-state index in [0.717, 1.165) is 25.6 Å². The molecule has 0 bridgehead atoms. The molecule has 1 aliphatic rings. The lowest BCUT2D eigenvalue weighted by Gasteiger charge is -2.34. The first-order valence-corrected chi connectivity index (χ1v) is 5.17. The largest absolute Gasteiger partial charge is 0.366 e. The van der Waals surface area contributed by atoms with Gasteiger partial charge in [-0.3, -0.25) is 0 Å². The lowest BCUT2D eigenvalue weighted by Crippen LogP contribution is -2.44. The molecule has 0 aromatic rings. The smallest absolute Gasteiger partial charge is 0.164 e. The first-order valence-electron chi connectivity index (χ1n) is 5.17. The molecule has 78 valence electrons. The van der Waals surface area contributed by atoms with Crippen LogP contribution >= 0.6 is 0 Å². The molecule has 0 spiro atoms. The molecular formula is C10H21NO2. The van der Waals surface area contributed by atoms with Crippen LogP contribution in [0.2, 0.25) is 0 Å². The molecule has 0 aromatic carbocycles. The van der Waals surface area contributed by atoms with Crippen molar-refractivity contribution in [2.24, 2.45) is 5.92 Å². The van der Waals surface area contributed by atoms with Gasteiger partial charge in [-0.25, -0.2) is 0 Å². The predicted molar refractivity (Wildman–Crippen MR) is 52.3 cm³/mol. The zero-order valence-electron chi connectivity index (χ0n) is 8.66. The van der Waals surface area contributed by atoms with Gasteiger partial charge in [0.25, 0.3) is 0 Å². The van der Waals surface area contributed by atoms with Crippen LogP contribution in [0, 0.1) is 5.92 Å². The van der Waals surface area contributed by atoms with Gasteiger partial charge in [-0.2, -0.15) is 0 Å². The fourth-order valence-corrected chi connectivity index (χ4v) is 1.58. The fourth-order valence-electron chi connectivity index (χ4n) is 1.58. The van der Waals surface area contributed by atoms with E-state index >= 15 is 0 Å². The van der Waals surface area contributed by atoms with Crippen molar-refractivity contribution in [1.82, 2.24) is 4.90 Å². The number of piperidine rings is 1. The molecule has 1 fully saturated rings. The van der Waals surface area contributed by atoms with E-state index < -0.39 is 5.79 Å². The van der Waals surface area contributed by atoms with Gasteiger partial charge < -0.3 is 15.1 Å². The summed E-state index contributed by atoms with van der Waals surface area (Å²) in [4.78, 5) is 2.31. The lowest BCUT2D eigenvalue weighted by molar-refractivity contribution is -0.188. The minimum Gasteiger partial charge on any atom is -0.366 e. The van der Waals surface area contributed by atoms with Crippen molar-refractivity contribution in [2.75, 3.05) is 19.6 Å². The summed E-state index contributed by atoms with van der Waals surface area (Å²) in [5.41, 5.74) is 0. The van der Waals surface area contributed by atoms with Crippen molar-refractivity contribution in [1.29, 1.82) is 0 Å². The highest BCUT2D eigenvalue weighted by Gasteiger charge is 2.28. The molecule has 1 aliphatic heterocycles. The molecule has 1 rings (SSSR count). The molecule has 0 aliphatic carbocycles. The molecule has 0 aromatic heterocycles. The second-order valence-electron chi connectivity index (χ2n) is 4.51.